The predicted octanol–water partition coefficient (Wildman–Crippen LogP) is 4.47. The summed E-state index contributed by atoms with van der Waals surface area (Å²) in [6.07, 6.45) is 0. The number of carbonyl (C=O) groups excluding carboxylic acids is 2. The van der Waals surface area contributed by atoms with Gasteiger partial charge in [-0.05, 0) is 56.2 Å². The molecule has 0 spiro atoms. The molecule has 0 fully saturated rings. The Labute approximate surface area is 204 Å². The smallest absolute Gasteiger partial charge is 0.251 e. The van der Waals surface area contributed by atoms with Gasteiger partial charge in [-0.1, -0.05) is 43.3 Å². The molecular weight excluding hydrogens is 450 g/mol. The fraction of sp³-hybridized carbons (Fsp3) is 0.360. The third-order valence-electron chi connectivity index (χ3n) is 5.31. The molecule has 3 aromatic rings. The Morgan fingerprint density at radius 3 is 2.32 bits per heavy atom. The van der Waals surface area contributed by atoms with E-state index < -0.39 is 0 Å². The highest BCUT2D eigenvalue weighted by Crippen LogP contribution is 2.26. The Morgan fingerprint density at radius 1 is 1.06 bits per heavy atom. The largest absolute Gasteiger partial charge is 0.497 e. The Bertz CT molecular complexity index is 1110. The van der Waals surface area contributed by atoms with Crippen molar-refractivity contribution >= 4 is 29.3 Å². The third kappa shape index (κ3) is 6.38. The van der Waals surface area contributed by atoms with Gasteiger partial charge in [0.25, 0.3) is 5.91 Å². The maximum atomic E-state index is 12.8. The van der Waals surface area contributed by atoms with Crippen LogP contribution in [0.1, 0.15) is 48.6 Å². The number of nitrogens with zero attached hydrogens (tertiary/aromatic N) is 3. The molecule has 2 amide bonds. The topological polar surface area (TPSA) is 98.1 Å². The molecule has 1 heterocycles. The van der Waals surface area contributed by atoms with Crippen LogP contribution in [0.2, 0.25) is 0 Å². The predicted molar refractivity (Wildman–Crippen MR) is 134 cm³/mol. The molecule has 2 N–H and O–H groups in total. The molecule has 0 aliphatic carbocycles. The molecular formula is C25H31N5O3S. The van der Waals surface area contributed by atoms with E-state index in [0.29, 0.717) is 28.8 Å². The van der Waals surface area contributed by atoms with Gasteiger partial charge < -0.3 is 19.9 Å². The first-order valence-corrected chi connectivity index (χ1v) is 12.2. The lowest BCUT2D eigenvalue weighted by molar-refractivity contribution is -0.113. The van der Waals surface area contributed by atoms with Crippen LogP contribution in [0.5, 0.6) is 5.75 Å². The number of amides is 2. The van der Waals surface area contributed by atoms with Gasteiger partial charge in [-0.15, -0.1) is 10.2 Å². The molecule has 0 bridgehead atoms. The minimum absolute atomic E-state index is 0.0973. The molecule has 1 atom stereocenters. The van der Waals surface area contributed by atoms with Gasteiger partial charge in [-0.2, -0.15) is 0 Å². The lowest BCUT2D eigenvalue weighted by Gasteiger charge is -2.22. The summed E-state index contributed by atoms with van der Waals surface area (Å²) < 4.78 is 7.09. The van der Waals surface area contributed by atoms with Crippen molar-refractivity contribution in [2.45, 2.75) is 45.4 Å². The number of aromatic nitrogens is 3. The number of carbonyl (C=O) groups is 2. The van der Waals surface area contributed by atoms with Crippen LogP contribution in [-0.2, 0) is 11.3 Å². The van der Waals surface area contributed by atoms with E-state index in [2.05, 4.69) is 20.8 Å². The van der Waals surface area contributed by atoms with Gasteiger partial charge in [0.1, 0.15) is 5.75 Å². The number of aryl methyl sites for hydroxylation is 1. The number of rotatable bonds is 10. The fourth-order valence-corrected chi connectivity index (χ4v) is 4.20. The maximum Gasteiger partial charge on any atom is 0.251 e. The molecule has 0 saturated carbocycles. The lowest BCUT2D eigenvalue weighted by Crippen LogP contribution is -2.33. The minimum atomic E-state index is -0.316. The van der Waals surface area contributed by atoms with Crippen molar-refractivity contribution in [2.24, 2.45) is 5.92 Å². The van der Waals surface area contributed by atoms with Crippen molar-refractivity contribution in [3.05, 3.63) is 65.5 Å². The van der Waals surface area contributed by atoms with E-state index in [9.17, 15) is 9.59 Å². The number of thioether (sulfide) groups is 1. The van der Waals surface area contributed by atoms with Crippen LogP contribution in [0.25, 0.3) is 0 Å². The van der Waals surface area contributed by atoms with E-state index in [1.165, 1.54) is 11.8 Å². The first-order chi connectivity index (χ1) is 16.3. The van der Waals surface area contributed by atoms with Crippen molar-refractivity contribution in [3.63, 3.8) is 0 Å². The molecule has 3 rings (SSSR count). The number of nitrogens with one attached hydrogen (secondary N) is 2. The highest BCUT2D eigenvalue weighted by atomic mass is 32.2. The average Bonchev–Trinajstić information content (AvgIpc) is 3.24. The Morgan fingerprint density at radius 2 is 1.74 bits per heavy atom. The minimum Gasteiger partial charge on any atom is -0.497 e. The summed E-state index contributed by atoms with van der Waals surface area (Å²) in [6.45, 7) is 8.66. The summed E-state index contributed by atoms with van der Waals surface area (Å²) in [5, 5.41) is 15.3. The molecule has 9 heteroatoms. The van der Waals surface area contributed by atoms with Crippen molar-refractivity contribution in [1.82, 2.24) is 20.1 Å². The first-order valence-electron chi connectivity index (χ1n) is 11.2. The zero-order valence-corrected chi connectivity index (χ0v) is 21.0. The molecule has 2 aromatic carbocycles. The Kier molecular flexibility index (Phi) is 8.70. The Balaban J connectivity index is 1.68. The van der Waals surface area contributed by atoms with Gasteiger partial charge in [0.05, 0.1) is 18.9 Å². The number of benzene rings is 2. The van der Waals surface area contributed by atoms with E-state index in [1.54, 1.807) is 31.4 Å². The van der Waals surface area contributed by atoms with Gasteiger partial charge in [0.15, 0.2) is 11.0 Å². The molecule has 0 radical (unpaired) electrons. The zero-order chi connectivity index (χ0) is 24.7. The third-order valence-corrected chi connectivity index (χ3v) is 6.28. The van der Waals surface area contributed by atoms with Crippen molar-refractivity contribution in [1.29, 1.82) is 0 Å². The molecule has 1 aromatic heterocycles. The molecule has 1 unspecified atom stereocenters. The van der Waals surface area contributed by atoms with Crippen LogP contribution in [-0.4, -0.2) is 39.4 Å². The molecule has 180 valence electrons. The fourth-order valence-electron chi connectivity index (χ4n) is 3.39. The normalized spacial score (nSPS) is 11.8. The number of hydrogen-bond donors (Lipinski definition) is 2. The molecule has 0 saturated heterocycles. The van der Waals surface area contributed by atoms with Crippen molar-refractivity contribution in [3.8, 4) is 5.75 Å². The second-order valence-corrected chi connectivity index (χ2v) is 9.15. The Hall–Kier alpha value is -3.33. The quantitative estimate of drug-likeness (QED) is 0.415. The van der Waals surface area contributed by atoms with Crippen LogP contribution < -0.4 is 15.4 Å². The summed E-state index contributed by atoms with van der Waals surface area (Å²) in [6, 6.07) is 14.3. The van der Waals surface area contributed by atoms with Gasteiger partial charge in [0, 0.05) is 17.8 Å². The lowest BCUT2D eigenvalue weighted by atomic mass is 10.0. The summed E-state index contributed by atoms with van der Waals surface area (Å²) in [7, 11) is 1.60. The maximum absolute atomic E-state index is 12.8. The second-order valence-electron chi connectivity index (χ2n) is 8.21. The monoisotopic (exact) mass is 481 g/mol. The highest BCUT2D eigenvalue weighted by Gasteiger charge is 2.26. The zero-order valence-electron chi connectivity index (χ0n) is 20.2. The summed E-state index contributed by atoms with van der Waals surface area (Å²) in [5.41, 5.74) is 2.40. The molecule has 0 aliphatic rings. The number of methoxy groups -OCH3 is 1. The van der Waals surface area contributed by atoms with Crippen LogP contribution in [0.4, 0.5) is 5.69 Å². The summed E-state index contributed by atoms with van der Waals surface area (Å²) in [4.78, 5) is 25.3. The standard InChI is InChI=1S/C25H31N5O3S/c1-6-30-23(22(16(2)3)27-24(32)18-9-7-17(4)8-10-18)28-29-25(30)34-15-21(31)26-19-11-13-20(33-5)14-12-19/h7-14,16,22H,6,15H2,1-5H3,(H,26,31)(H,27,32). The summed E-state index contributed by atoms with van der Waals surface area (Å²) >= 11 is 1.31. The average molecular weight is 482 g/mol. The van der Waals surface area contributed by atoms with E-state index in [-0.39, 0.29) is 29.5 Å². The van der Waals surface area contributed by atoms with Crippen LogP contribution in [0, 0.1) is 12.8 Å². The second kappa shape index (κ2) is 11.7. The van der Waals surface area contributed by atoms with Crippen LogP contribution >= 0.6 is 11.8 Å². The molecule has 34 heavy (non-hydrogen) atoms. The van der Waals surface area contributed by atoms with Crippen molar-refractivity contribution < 1.29 is 14.3 Å². The van der Waals surface area contributed by atoms with Gasteiger partial charge in [-0.25, -0.2) is 0 Å². The summed E-state index contributed by atoms with van der Waals surface area (Å²) in [5.74, 6) is 1.39. The van der Waals surface area contributed by atoms with Gasteiger partial charge >= 0.3 is 0 Å². The molecule has 8 nitrogen and oxygen atoms in total. The number of anilines is 1. The van der Waals surface area contributed by atoms with E-state index >= 15 is 0 Å². The number of hydrogen-bond acceptors (Lipinski definition) is 6. The van der Waals surface area contributed by atoms with Gasteiger partial charge in [0.2, 0.25) is 5.91 Å². The van der Waals surface area contributed by atoms with E-state index in [4.69, 9.17) is 4.74 Å². The molecule has 0 aliphatic heterocycles. The number of ether oxygens (including phenoxy) is 1. The van der Waals surface area contributed by atoms with Gasteiger partial charge in [-0.3, -0.25) is 9.59 Å². The first kappa shape index (κ1) is 25.3. The highest BCUT2D eigenvalue weighted by molar-refractivity contribution is 7.99. The van der Waals surface area contributed by atoms with Crippen molar-refractivity contribution in [2.75, 3.05) is 18.2 Å². The van der Waals surface area contributed by atoms with Crippen LogP contribution in [0.15, 0.2) is 53.7 Å². The van der Waals surface area contributed by atoms with E-state index in [1.807, 2.05) is 56.5 Å². The van der Waals surface area contributed by atoms with E-state index in [0.717, 1.165) is 11.3 Å². The van der Waals surface area contributed by atoms with Crippen LogP contribution in [0.3, 0.4) is 0 Å². The SMILES string of the molecule is CCn1c(SCC(=O)Nc2ccc(OC)cc2)nnc1C(NC(=O)c1ccc(C)cc1)C(C)C.